The van der Waals surface area contributed by atoms with Crippen molar-refractivity contribution in [1.82, 2.24) is 10.2 Å². The molecular formula is C23H32N4O3S2. The smallest absolute Gasteiger partial charge is 0.224 e. The minimum absolute atomic E-state index is 0.0376. The number of carbonyl (C=O) groups excluding carboxylic acids is 1. The van der Waals surface area contributed by atoms with Gasteiger partial charge in [-0.3, -0.25) is 9.79 Å². The first kappa shape index (κ1) is 22.2. The molecule has 1 amide bonds. The van der Waals surface area contributed by atoms with Gasteiger partial charge in [0.2, 0.25) is 5.91 Å². The van der Waals surface area contributed by atoms with E-state index in [0.29, 0.717) is 12.3 Å². The van der Waals surface area contributed by atoms with Crippen LogP contribution in [0.2, 0.25) is 0 Å². The van der Waals surface area contributed by atoms with Crippen molar-refractivity contribution < 1.29 is 13.2 Å². The molecule has 2 N–H and O–H groups in total. The molecular weight excluding hydrogens is 444 g/mol. The highest BCUT2D eigenvalue weighted by Crippen LogP contribution is 2.34. The maximum atomic E-state index is 12.4. The number of amidine groups is 1. The number of nitrogens with zero attached hydrogens (tertiary/aromatic N) is 2. The van der Waals surface area contributed by atoms with Gasteiger partial charge in [0.05, 0.1) is 24.0 Å². The van der Waals surface area contributed by atoms with Gasteiger partial charge in [0.25, 0.3) is 0 Å². The average Bonchev–Trinajstić information content (AvgIpc) is 3.51. The third-order valence-corrected chi connectivity index (χ3v) is 10.3. The lowest BCUT2D eigenvalue weighted by Gasteiger charge is -2.23. The number of hydrogen-bond donors (Lipinski definition) is 2. The van der Waals surface area contributed by atoms with Crippen LogP contribution in [0.15, 0.2) is 29.3 Å². The highest BCUT2D eigenvalue weighted by Gasteiger charge is 2.42. The topological polar surface area (TPSA) is 90.9 Å². The Balaban J connectivity index is 1.05. The summed E-state index contributed by atoms with van der Waals surface area (Å²) in [5.74, 6) is 1.02. The zero-order chi connectivity index (χ0) is 22.1. The molecule has 0 radical (unpaired) electrons. The van der Waals surface area contributed by atoms with E-state index in [1.165, 1.54) is 50.4 Å². The number of rotatable bonds is 6. The second kappa shape index (κ2) is 9.35. The minimum Gasteiger partial charge on any atom is -0.355 e. The fourth-order valence-electron chi connectivity index (χ4n) is 5.38. The van der Waals surface area contributed by atoms with E-state index in [4.69, 9.17) is 0 Å². The number of carbonyl (C=O) groups is 1. The number of aliphatic imine (C=N–C) groups is 1. The van der Waals surface area contributed by atoms with Gasteiger partial charge in [0.15, 0.2) is 15.0 Å². The largest absolute Gasteiger partial charge is 0.355 e. The highest BCUT2D eigenvalue weighted by molar-refractivity contribution is 8.15. The monoisotopic (exact) mass is 476 g/mol. The molecule has 1 aromatic carbocycles. The van der Waals surface area contributed by atoms with E-state index in [0.717, 1.165) is 35.5 Å². The van der Waals surface area contributed by atoms with E-state index in [1.807, 2.05) is 24.3 Å². The van der Waals surface area contributed by atoms with Crippen molar-refractivity contribution in [3.05, 3.63) is 29.8 Å². The number of fused-ring (bicyclic) bond motifs is 1. The van der Waals surface area contributed by atoms with Crippen molar-refractivity contribution in [1.29, 1.82) is 0 Å². The third kappa shape index (κ3) is 5.31. The van der Waals surface area contributed by atoms with Crippen LogP contribution in [0.5, 0.6) is 0 Å². The second-order valence-electron chi connectivity index (χ2n) is 9.63. The van der Waals surface area contributed by atoms with Crippen molar-refractivity contribution in [2.24, 2.45) is 10.9 Å². The summed E-state index contributed by atoms with van der Waals surface area (Å²) in [5, 5.41) is 7.23. The van der Waals surface area contributed by atoms with Gasteiger partial charge in [-0.15, -0.1) is 0 Å². The Labute approximate surface area is 194 Å². The first-order valence-electron chi connectivity index (χ1n) is 11.8. The van der Waals surface area contributed by atoms with Gasteiger partial charge >= 0.3 is 0 Å². The van der Waals surface area contributed by atoms with Gasteiger partial charge in [-0.25, -0.2) is 8.42 Å². The third-order valence-electron chi connectivity index (χ3n) is 7.13. The fourth-order valence-corrected chi connectivity index (χ4v) is 9.06. The molecule has 2 saturated heterocycles. The van der Waals surface area contributed by atoms with Crippen molar-refractivity contribution >= 4 is 38.4 Å². The Hall–Kier alpha value is -1.58. The molecule has 0 unspecified atom stereocenters. The summed E-state index contributed by atoms with van der Waals surface area (Å²) in [5.41, 5.74) is 1.89. The van der Waals surface area contributed by atoms with Crippen LogP contribution >= 0.6 is 11.8 Å². The molecule has 1 aliphatic carbocycles. The van der Waals surface area contributed by atoms with Crippen molar-refractivity contribution in [2.45, 2.75) is 55.9 Å². The zero-order valence-electron chi connectivity index (χ0n) is 18.3. The molecule has 32 heavy (non-hydrogen) atoms. The molecule has 3 atom stereocenters. The number of thioether (sulfide) groups is 1. The van der Waals surface area contributed by atoms with Gasteiger partial charge in [0, 0.05) is 30.1 Å². The first-order valence-corrected chi connectivity index (χ1v) is 14.5. The Morgan fingerprint density at radius 1 is 1.12 bits per heavy atom. The SMILES string of the molecule is O=C(Cc1ccc(NC2=N[C@@H]3CS(=O)(=O)C[C@H]3S2)cc1)NC[C@@H]1CCN(C2CCCC2)C1. The summed E-state index contributed by atoms with van der Waals surface area (Å²) in [6.07, 6.45) is 7.01. The highest BCUT2D eigenvalue weighted by atomic mass is 32.2. The van der Waals surface area contributed by atoms with E-state index in [1.54, 1.807) is 0 Å². The Morgan fingerprint density at radius 2 is 1.91 bits per heavy atom. The molecule has 0 spiro atoms. The number of likely N-dealkylation sites (tertiary alicyclic amines) is 1. The van der Waals surface area contributed by atoms with Crippen LogP contribution in [-0.4, -0.2) is 72.9 Å². The second-order valence-corrected chi connectivity index (χ2v) is 13.0. The standard InChI is InChI=1S/C23H32N4O3S2/c28-22(24-12-17-9-10-27(13-17)19-3-1-2-4-19)11-16-5-7-18(8-6-16)25-23-26-20-14-32(29,30)15-21(20)31-23/h5-8,17,19-21H,1-4,9-15H2,(H,24,28)(H,25,26)/t17-,20+,21+/m0/s1. The molecule has 1 aromatic rings. The predicted molar refractivity (Wildman–Crippen MR) is 130 cm³/mol. The molecule has 1 saturated carbocycles. The van der Waals surface area contributed by atoms with Crippen molar-refractivity contribution in [2.75, 3.05) is 36.5 Å². The van der Waals surface area contributed by atoms with Crippen LogP contribution < -0.4 is 10.6 Å². The van der Waals surface area contributed by atoms with Crippen LogP contribution in [0, 0.1) is 5.92 Å². The fraction of sp³-hybridized carbons (Fsp3) is 0.652. The van der Waals surface area contributed by atoms with Crippen LogP contribution in [0.1, 0.15) is 37.7 Å². The molecule has 3 fully saturated rings. The lowest BCUT2D eigenvalue weighted by atomic mass is 10.1. The molecule has 0 bridgehead atoms. The lowest BCUT2D eigenvalue weighted by Crippen LogP contribution is -2.34. The summed E-state index contributed by atoms with van der Waals surface area (Å²) >= 11 is 1.51. The van der Waals surface area contributed by atoms with Crippen molar-refractivity contribution in [3.8, 4) is 0 Å². The summed E-state index contributed by atoms with van der Waals surface area (Å²) in [6.45, 7) is 3.08. The van der Waals surface area contributed by atoms with E-state index in [-0.39, 0.29) is 28.7 Å². The van der Waals surface area contributed by atoms with Crippen LogP contribution in [0.3, 0.4) is 0 Å². The number of sulfone groups is 1. The zero-order valence-corrected chi connectivity index (χ0v) is 20.0. The average molecular weight is 477 g/mol. The number of benzene rings is 1. The normalized spacial score (nSPS) is 29.8. The van der Waals surface area contributed by atoms with E-state index in [9.17, 15) is 13.2 Å². The quantitative estimate of drug-likeness (QED) is 0.655. The van der Waals surface area contributed by atoms with Gasteiger partial charge in [-0.2, -0.15) is 0 Å². The van der Waals surface area contributed by atoms with Gasteiger partial charge in [-0.05, 0) is 49.4 Å². The number of anilines is 1. The van der Waals surface area contributed by atoms with Crippen molar-refractivity contribution in [3.63, 3.8) is 0 Å². The summed E-state index contributed by atoms with van der Waals surface area (Å²) in [4.78, 5) is 19.6. The number of nitrogens with one attached hydrogen (secondary N) is 2. The van der Waals surface area contributed by atoms with E-state index in [2.05, 4.69) is 20.5 Å². The maximum Gasteiger partial charge on any atom is 0.224 e. The van der Waals surface area contributed by atoms with Crippen LogP contribution in [0.25, 0.3) is 0 Å². The first-order chi connectivity index (χ1) is 15.4. The number of hydrogen-bond acceptors (Lipinski definition) is 7. The van der Waals surface area contributed by atoms with Gasteiger partial charge < -0.3 is 15.5 Å². The Morgan fingerprint density at radius 3 is 2.66 bits per heavy atom. The molecule has 7 nitrogen and oxygen atoms in total. The van der Waals surface area contributed by atoms with E-state index < -0.39 is 9.84 Å². The van der Waals surface area contributed by atoms with Crippen LogP contribution in [0.4, 0.5) is 5.69 Å². The molecule has 174 valence electrons. The Bertz CT molecular complexity index is 973. The predicted octanol–water partition coefficient (Wildman–Crippen LogP) is 2.29. The molecule has 5 rings (SSSR count). The summed E-state index contributed by atoms with van der Waals surface area (Å²) in [7, 11) is -2.93. The van der Waals surface area contributed by atoms with Gasteiger partial charge in [0.1, 0.15) is 0 Å². The van der Waals surface area contributed by atoms with Crippen LogP contribution in [-0.2, 0) is 21.1 Å². The summed E-state index contributed by atoms with van der Waals surface area (Å²) < 4.78 is 23.4. The minimum atomic E-state index is -2.93. The maximum absolute atomic E-state index is 12.4. The molecule has 4 aliphatic rings. The van der Waals surface area contributed by atoms with E-state index >= 15 is 0 Å². The van der Waals surface area contributed by atoms with Gasteiger partial charge in [-0.1, -0.05) is 36.7 Å². The summed E-state index contributed by atoms with van der Waals surface area (Å²) in [6, 6.07) is 8.49. The lowest BCUT2D eigenvalue weighted by molar-refractivity contribution is -0.120. The molecule has 3 heterocycles. The Kier molecular flexibility index (Phi) is 6.49. The molecule has 3 aliphatic heterocycles. The number of amides is 1. The molecule has 0 aromatic heterocycles. The molecule has 9 heteroatoms.